The van der Waals surface area contributed by atoms with Crippen molar-refractivity contribution in [2.24, 2.45) is 0 Å². The van der Waals surface area contributed by atoms with Crippen LogP contribution in [0, 0.1) is 0 Å². The van der Waals surface area contributed by atoms with Crippen LogP contribution in [-0.4, -0.2) is 47.4 Å². The molecular weight excluding hydrogens is 328 g/mol. The van der Waals surface area contributed by atoms with Crippen molar-refractivity contribution in [1.29, 1.82) is 0 Å². The van der Waals surface area contributed by atoms with Crippen LogP contribution in [0.15, 0.2) is 12.1 Å². The van der Waals surface area contributed by atoms with Gasteiger partial charge in [0.2, 0.25) is 11.8 Å². The summed E-state index contributed by atoms with van der Waals surface area (Å²) in [6.45, 7) is 5.10. The summed E-state index contributed by atoms with van der Waals surface area (Å²) in [6, 6.07) is 3.15. The van der Waals surface area contributed by atoms with E-state index in [1.54, 1.807) is 13.0 Å². The number of halogens is 1. The number of amides is 2. The molecule has 1 saturated heterocycles. The van der Waals surface area contributed by atoms with Crippen molar-refractivity contribution in [3.05, 3.63) is 21.3 Å². The van der Waals surface area contributed by atoms with Crippen LogP contribution < -0.4 is 5.32 Å². The summed E-state index contributed by atoms with van der Waals surface area (Å²) in [7, 11) is 0. The van der Waals surface area contributed by atoms with Crippen LogP contribution in [0.1, 0.15) is 24.6 Å². The lowest BCUT2D eigenvalue weighted by molar-refractivity contribution is -0.135. The number of hydrogen-bond acceptors (Lipinski definition) is 4. The Kier molecular flexibility index (Phi) is 5.96. The van der Waals surface area contributed by atoms with Crippen molar-refractivity contribution in [2.75, 3.05) is 24.6 Å². The number of thiophene rings is 1. The maximum atomic E-state index is 12.3. The Bertz CT molecular complexity index is 515. The summed E-state index contributed by atoms with van der Waals surface area (Å²) in [5.41, 5.74) is 0. The first kappa shape index (κ1) is 16.6. The van der Waals surface area contributed by atoms with Gasteiger partial charge in [-0.25, -0.2) is 0 Å². The van der Waals surface area contributed by atoms with E-state index in [4.69, 9.17) is 11.6 Å². The average molecular weight is 347 g/mol. The summed E-state index contributed by atoms with van der Waals surface area (Å²) in [4.78, 5) is 27.2. The molecule has 21 heavy (non-hydrogen) atoms. The number of nitrogens with zero attached hydrogens (tertiary/aromatic N) is 1. The molecule has 1 N–H and O–H groups in total. The lowest BCUT2D eigenvalue weighted by atomic mass is 10.1. The van der Waals surface area contributed by atoms with E-state index < -0.39 is 6.04 Å². The standard InChI is InChI=1S/C14H19ClN2O2S2/c1-9(11-3-4-12(15)21-11)13(18)16-10(2)14(19)17-5-7-20-8-6-17/h3-4,9-10H,5-8H2,1-2H3,(H,16,18)/t9-,10-/m1/s1. The molecule has 4 nitrogen and oxygen atoms in total. The molecule has 0 unspecified atom stereocenters. The highest BCUT2D eigenvalue weighted by molar-refractivity contribution is 7.99. The quantitative estimate of drug-likeness (QED) is 0.911. The molecule has 7 heteroatoms. The molecule has 1 aliphatic heterocycles. The van der Waals surface area contributed by atoms with Gasteiger partial charge < -0.3 is 10.2 Å². The van der Waals surface area contributed by atoms with Crippen LogP contribution in [0.3, 0.4) is 0 Å². The predicted molar refractivity (Wildman–Crippen MR) is 89.3 cm³/mol. The lowest BCUT2D eigenvalue weighted by Crippen LogP contribution is -2.50. The van der Waals surface area contributed by atoms with Crippen LogP contribution in [-0.2, 0) is 9.59 Å². The minimum absolute atomic E-state index is 0.0000574. The number of hydrogen-bond donors (Lipinski definition) is 1. The zero-order valence-electron chi connectivity index (χ0n) is 12.1. The molecule has 1 aromatic rings. The van der Waals surface area contributed by atoms with E-state index in [0.717, 1.165) is 29.5 Å². The fourth-order valence-electron chi connectivity index (χ4n) is 2.15. The van der Waals surface area contributed by atoms with E-state index in [2.05, 4.69) is 5.32 Å². The Morgan fingerprint density at radius 2 is 1.95 bits per heavy atom. The Morgan fingerprint density at radius 1 is 1.29 bits per heavy atom. The van der Waals surface area contributed by atoms with E-state index in [1.807, 2.05) is 29.7 Å². The van der Waals surface area contributed by atoms with Gasteiger partial charge in [-0.15, -0.1) is 11.3 Å². The van der Waals surface area contributed by atoms with Crippen molar-refractivity contribution in [3.8, 4) is 0 Å². The molecule has 2 heterocycles. The van der Waals surface area contributed by atoms with Crippen molar-refractivity contribution >= 4 is 46.5 Å². The second-order valence-corrected chi connectivity index (χ2v) is 8.00. The zero-order chi connectivity index (χ0) is 15.4. The fraction of sp³-hybridized carbons (Fsp3) is 0.571. The Balaban J connectivity index is 1.90. The molecule has 2 rings (SSSR count). The van der Waals surface area contributed by atoms with Gasteiger partial charge in [-0.05, 0) is 26.0 Å². The van der Waals surface area contributed by atoms with Gasteiger partial charge in [0.1, 0.15) is 6.04 Å². The summed E-state index contributed by atoms with van der Waals surface area (Å²) in [6.07, 6.45) is 0. The van der Waals surface area contributed by atoms with Crippen molar-refractivity contribution < 1.29 is 9.59 Å². The summed E-state index contributed by atoms with van der Waals surface area (Å²) in [5.74, 6) is 1.50. The van der Waals surface area contributed by atoms with Crippen molar-refractivity contribution in [1.82, 2.24) is 10.2 Å². The highest BCUT2D eigenvalue weighted by Gasteiger charge is 2.26. The minimum Gasteiger partial charge on any atom is -0.344 e. The fourth-order valence-corrected chi connectivity index (χ4v) is 4.16. The molecule has 1 aliphatic rings. The Morgan fingerprint density at radius 3 is 2.52 bits per heavy atom. The number of carbonyl (C=O) groups is 2. The third-order valence-corrected chi connectivity index (χ3v) is 5.82. The molecule has 0 aromatic carbocycles. The van der Waals surface area contributed by atoms with Gasteiger partial charge in [-0.3, -0.25) is 9.59 Å². The van der Waals surface area contributed by atoms with Gasteiger partial charge in [0.05, 0.1) is 10.3 Å². The molecule has 0 spiro atoms. The zero-order valence-corrected chi connectivity index (χ0v) is 14.5. The number of rotatable bonds is 4. The lowest BCUT2D eigenvalue weighted by Gasteiger charge is -2.29. The first-order chi connectivity index (χ1) is 9.99. The van der Waals surface area contributed by atoms with Gasteiger partial charge in [-0.1, -0.05) is 11.6 Å². The van der Waals surface area contributed by atoms with Crippen LogP contribution in [0.2, 0.25) is 4.34 Å². The molecule has 2 amide bonds. The van der Waals surface area contributed by atoms with E-state index in [0.29, 0.717) is 4.34 Å². The normalized spacial score (nSPS) is 18.1. The molecule has 0 bridgehead atoms. The van der Waals surface area contributed by atoms with Gasteiger partial charge in [0, 0.05) is 29.5 Å². The third kappa shape index (κ3) is 4.37. The molecule has 0 saturated carbocycles. The largest absolute Gasteiger partial charge is 0.344 e. The smallest absolute Gasteiger partial charge is 0.244 e. The summed E-state index contributed by atoms with van der Waals surface area (Å²) in [5, 5.41) is 2.81. The molecule has 0 aliphatic carbocycles. The van der Waals surface area contributed by atoms with E-state index in [9.17, 15) is 9.59 Å². The number of carbonyl (C=O) groups excluding carboxylic acids is 2. The molecule has 0 radical (unpaired) electrons. The summed E-state index contributed by atoms with van der Waals surface area (Å²) >= 11 is 9.14. The van der Waals surface area contributed by atoms with Crippen LogP contribution in [0.5, 0.6) is 0 Å². The van der Waals surface area contributed by atoms with E-state index >= 15 is 0 Å². The first-order valence-electron chi connectivity index (χ1n) is 6.91. The van der Waals surface area contributed by atoms with Gasteiger partial charge in [0.25, 0.3) is 0 Å². The van der Waals surface area contributed by atoms with Crippen LogP contribution in [0.25, 0.3) is 0 Å². The van der Waals surface area contributed by atoms with Gasteiger partial charge >= 0.3 is 0 Å². The Labute approximate surface area is 138 Å². The van der Waals surface area contributed by atoms with Crippen molar-refractivity contribution in [2.45, 2.75) is 25.8 Å². The molecular formula is C14H19ClN2O2S2. The van der Waals surface area contributed by atoms with E-state index in [1.165, 1.54) is 11.3 Å². The first-order valence-corrected chi connectivity index (χ1v) is 9.26. The van der Waals surface area contributed by atoms with Crippen LogP contribution in [0.4, 0.5) is 0 Å². The molecule has 1 fully saturated rings. The second-order valence-electron chi connectivity index (χ2n) is 5.03. The average Bonchev–Trinajstić information content (AvgIpc) is 2.93. The highest BCUT2D eigenvalue weighted by atomic mass is 35.5. The topological polar surface area (TPSA) is 49.4 Å². The Hall–Kier alpha value is -0.720. The second kappa shape index (κ2) is 7.51. The minimum atomic E-state index is -0.488. The summed E-state index contributed by atoms with van der Waals surface area (Å²) < 4.78 is 0.666. The maximum absolute atomic E-state index is 12.3. The molecule has 2 atom stereocenters. The monoisotopic (exact) mass is 346 g/mol. The van der Waals surface area contributed by atoms with Crippen LogP contribution >= 0.6 is 34.7 Å². The van der Waals surface area contributed by atoms with Gasteiger partial charge in [0.15, 0.2) is 0 Å². The van der Waals surface area contributed by atoms with E-state index in [-0.39, 0.29) is 17.7 Å². The predicted octanol–water partition coefficient (Wildman–Crippen LogP) is 2.59. The third-order valence-electron chi connectivity index (χ3n) is 3.47. The maximum Gasteiger partial charge on any atom is 0.244 e. The molecule has 1 aromatic heterocycles. The number of thioether (sulfide) groups is 1. The molecule has 116 valence electrons. The SMILES string of the molecule is C[C@@H](NC(=O)[C@H](C)c1ccc(Cl)s1)C(=O)N1CCSCC1. The highest BCUT2D eigenvalue weighted by Crippen LogP contribution is 2.28. The number of nitrogens with one attached hydrogen (secondary N) is 1. The van der Waals surface area contributed by atoms with Crippen molar-refractivity contribution in [3.63, 3.8) is 0 Å². The van der Waals surface area contributed by atoms with Gasteiger partial charge in [-0.2, -0.15) is 11.8 Å².